The molecule has 174 valence electrons. The third-order valence-electron chi connectivity index (χ3n) is 5.39. The van der Waals surface area contributed by atoms with Crippen LogP contribution in [0, 0.1) is 5.82 Å². The van der Waals surface area contributed by atoms with E-state index in [1.807, 2.05) is 6.07 Å². The third kappa shape index (κ3) is 4.62. The van der Waals surface area contributed by atoms with E-state index in [0.717, 1.165) is 5.56 Å². The molecule has 12 heteroatoms. The van der Waals surface area contributed by atoms with Crippen molar-refractivity contribution in [1.82, 2.24) is 29.7 Å². The molecule has 4 aromatic rings. The molecule has 1 aliphatic rings. The minimum atomic E-state index is -3.62. The molecule has 0 spiro atoms. The number of pyridine rings is 1. The first-order valence-corrected chi connectivity index (χ1v) is 12.5. The molecule has 1 atom stereocenters. The Bertz CT molecular complexity index is 1430. The highest BCUT2D eigenvalue weighted by molar-refractivity contribution is 7.90. The van der Waals surface area contributed by atoms with Crippen molar-refractivity contribution in [2.45, 2.75) is 18.2 Å². The van der Waals surface area contributed by atoms with Crippen molar-refractivity contribution in [2.75, 3.05) is 12.4 Å². The van der Waals surface area contributed by atoms with Crippen molar-refractivity contribution >= 4 is 21.4 Å². The number of fused-ring (bicyclic) bond motifs is 3. The summed E-state index contributed by atoms with van der Waals surface area (Å²) in [5, 5.41) is 8.78. The second-order valence-corrected chi connectivity index (χ2v) is 10.3. The molecule has 0 aliphatic carbocycles. The van der Waals surface area contributed by atoms with Gasteiger partial charge >= 0.3 is 0 Å². The van der Waals surface area contributed by atoms with E-state index >= 15 is 0 Å². The zero-order chi connectivity index (χ0) is 23.7. The van der Waals surface area contributed by atoms with Crippen LogP contribution in [-0.2, 0) is 22.0 Å². The maximum absolute atomic E-state index is 14.1. The van der Waals surface area contributed by atoms with Gasteiger partial charge < -0.3 is 4.74 Å². The smallest absolute Gasteiger partial charge is 0.168 e. The second kappa shape index (κ2) is 9.07. The van der Waals surface area contributed by atoms with Gasteiger partial charge in [-0.1, -0.05) is 17.7 Å². The maximum Gasteiger partial charge on any atom is 0.168 e. The molecule has 0 saturated carbocycles. The van der Waals surface area contributed by atoms with Crippen LogP contribution in [0.3, 0.4) is 0 Å². The van der Waals surface area contributed by atoms with Gasteiger partial charge in [-0.2, -0.15) is 0 Å². The zero-order valence-electron chi connectivity index (χ0n) is 17.7. The van der Waals surface area contributed by atoms with Crippen LogP contribution in [0.1, 0.15) is 23.3 Å². The molecule has 0 N–H and O–H groups in total. The van der Waals surface area contributed by atoms with Crippen LogP contribution in [0.4, 0.5) is 4.39 Å². The van der Waals surface area contributed by atoms with Crippen LogP contribution >= 0.6 is 11.6 Å². The highest BCUT2D eigenvalue weighted by Gasteiger charge is 2.31. The van der Waals surface area contributed by atoms with Gasteiger partial charge in [-0.05, 0) is 29.8 Å². The fraction of sp³-hybridized carbons (Fsp3) is 0.227. The van der Waals surface area contributed by atoms with Gasteiger partial charge in [0, 0.05) is 31.2 Å². The van der Waals surface area contributed by atoms with Crippen LogP contribution in [0.25, 0.3) is 11.4 Å². The summed E-state index contributed by atoms with van der Waals surface area (Å²) in [5.41, 5.74) is 1.18. The van der Waals surface area contributed by atoms with E-state index in [4.69, 9.17) is 16.3 Å². The Morgan fingerprint density at radius 1 is 1.15 bits per heavy atom. The summed E-state index contributed by atoms with van der Waals surface area (Å²) in [6, 6.07) is 7.31. The van der Waals surface area contributed by atoms with Gasteiger partial charge in [-0.3, -0.25) is 9.55 Å². The predicted octanol–water partition coefficient (Wildman–Crippen LogP) is 3.06. The minimum absolute atomic E-state index is 0.129. The van der Waals surface area contributed by atoms with E-state index in [0.29, 0.717) is 28.0 Å². The molecule has 0 radical (unpaired) electrons. The van der Waals surface area contributed by atoms with E-state index in [1.54, 1.807) is 23.0 Å². The number of halogens is 2. The standard InChI is InChI=1S/C22H18ClFN6O3S/c23-15-10-26-20(27-11-15)5-7-34(31,32)13-21-28-29-22-17-8-16(24)3-4-19(17)33-12-18(30(21)22)14-2-1-6-25-9-14/h1-4,6,8-11,18H,5,7,12-13H2/t18-/m0/s1. The highest BCUT2D eigenvalue weighted by Crippen LogP contribution is 2.37. The van der Waals surface area contributed by atoms with Crippen LogP contribution in [0.5, 0.6) is 5.75 Å². The van der Waals surface area contributed by atoms with Gasteiger partial charge in [0.15, 0.2) is 15.7 Å². The number of hydrogen-bond donors (Lipinski definition) is 0. The van der Waals surface area contributed by atoms with E-state index in [-0.39, 0.29) is 30.4 Å². The van der Waals surface area contributed by atoms with Crippen molar-refractivity contribution in [3.8, 4) is 17.1 Å². The highest BCUT2D eigenvalue weighted by atomic mass is 35.5. The molecular weight excluding hydrogens is 483 g/mol. The van der Waals surface area contributed by atoms with E-state index in [1.165, 1.54) is 30.6 Å². The van der Waals surface area contributed by atoms with E-state index < -0.39 is 21.7 Å². The molecule has 0 amide bonds. The average Bonchev–Trinajstić information content (AvgIpc) is 3.15. The largest absolute Gasteiger partial charge is 0.490 e. The lowest BCUT2D eigenvalue weighted by atomic mass is 10.1. The zero-order valence-corrected chi connectivity index (χ0v) is 19.2. The molecule has 0 fully saturated rings. The predicted molar refractivity (Wildman–Crippen MR) is 122 cm³/mol. The SMILES string of the molecule is O=S(=O)(CCc1ncc(Cl)cn1)Cc1nnc2n1[C@H](c1cccnc1)COc1ccc(F)cc1-2. The maximum atomic E-state index is 14.1. The Labute approximate surface area is 199 Å². The number of sulfone groups is 1. The number of rotatable bonds is 6. The van der Waals surface area contributed by atoms with E-state index in [2.05, 4.69) is 25.1 Å². The fourth-order valence-corrected chi connectivity index (χ4v) is 5.11. The van der Waals surface area contributed by atoms with Crippen LogP contribution in [0.15, 0.2) is 55.1 Å². The summed E-state index contributed by atoms with van der Waals surface area (Å²) in [4.78, 5) is 12.3. The van der Waals surface area contributed by atoms with Crippen LogP contribution in [0.2, 0.25) is 5.02 Å². The molecule has 34 heavy (non-hydrogen) atoms. The monoisotopic (exact) mass is 500 g/mol. The number of nitrogens with zero attached hydrogens (tertiary/aromatic N) is 6. The molecule has 0 bridgehead atoms. The number of hydrogen-bond acceptors (Lipinski definition) is 8. The molecule has 3 aromatic heterocycles. The Morgan fingerprint density at radius 2 is 1.97 bits per heavy atom. The molecule has 4 heterocycles. The Hall–Kier alpha value is -3.44. The van der Waals surface area contributed by atoms with Gasteiger partial charge in [-0.25, -0.2) is 22.8 Å². The molecular formula is C22H18ClFN6O3S. The lowest BCUT2D eigenvalue weighted by molar-refractivity contribution is 0.277. The summed E-state index contributed by atoms with van der Waals surface area (Å²) in [6.07, 6.45) is 6.28. The molecule has 0 unspecified atom stereocenters. The first-order chi connectivity index (χ1) is 16.4. The first-order valence-electron chi connectivity index (χ1n) is 10.3. The quantitative estimate of drug-likeness (QED) is 0.397. The van der Waals surface area contributed by atoms with Gasteiger partial charge in [0.2, 0.25) is 0 Å². The summed E-state index contributed by atoms with van der Waals surface area (Å²) in [6.45, 7) is 0.168. The number of aryl methyl sites for hydroxylation is 1. The normalized spacial score (nSPS) is 15.2. The fourth-order valence-electron chi connectivity index (χ4n) is 3.78. The van der Waals surface area contributed by atoms with Crippen LogP contribution in [-0.4, -0.2) is 50.5 Å². The average molecular weight is 501 g/mol. The Morgan fingerprint density at radius 3 is 2.74 bits per heavy atom. The summed E-state index contributed by atoms with van der Waals surface area (Å²) in [7, 11) is -3.62. The molecule has 1 aliphatic heterocycles. The van der Waals surface area contributed by atoms with Crippen molar-refractivity contribution in [1.29, 1.82) is 0 Å². The minimum Gasteiger partial charge on any atom is -0.490 e. The lowest BCUT2D eigenvalue weighted by Gasteiger charge is -2.19. The third-order valence-corrected chi connectivity index (χ3v) is 7.11. The lowest BCUT2D eigenvalue weighted by Crippen LogP contribution is -2.22. The topological polar surface area (TPSA) is 113 Å². The number of ether oxygens (including phenoxy) is 1. The summed E-state index contributed by atoms with van der Waals surface area (Å²) in [5.74, 6) is 0.350. The molecule has 0 saturated heterocycles. The summed E-state index contributed by atoms with van der Waals surface area (Å²) < 4.78 is 47.7. The van der Waals surface area contributed by atoms with Gasteiger partial charge in [0.25, 0.3) is 0 Å². The van der Waals surface area contributed by atoms with Gasteiger partial charge in [0.05, 0.1) is 22.4 Å². The molecule has 1 aromatic carbocycles. The molecule has 5 rings (SSSR count). The van der Waals surface area contributed by atoms with Crippen molar-refractivity contribution in [3.63, 3.8) is 0 Å². The Balaban J connectivity index is 1.51. The first kappa shape index (κ1) is 22.4. The summed E-state index contributed by atoms with van der Waals surface area (Å²) >= 11 is 5.79. The Kier molecular flexibility index (Phi) is 5.96. The van der Waals surface area contributed by atoms with Crippen molar-refractivity contribution in [3.05, 3.63) is 83.2 Å². The van der Waals surface area contributed by atoms with Gasteiger partial charge in [0.1, 0.15) is 35.6 Å². The van der Waals surface area contributed by atoms with E-state index in [9.17, 15) is 12.8 Å². The number of aromatic nitrogens is 6. The van der Waals surface area contributed by atoms with Crippen LogP contribution < -0.4 is 4.74 Å². The van der Waals surface area contributed by atoms with Crippen molar-refractivity contribution in [2.24, 2.45) is 0 Å². The van der Waals surface area contributed by atoms with Gasteiger partial charge in [-0.15, -0.1) is 10.2 Å². The molecule has 9 nitrogen and oxygen atoms in total. The van der Waals surface area contributed by atoms with Crippen molar-refractivity contribution < 1.29 is 17.5 Å². The second-order valence-electron chi connectivity index (χ2n) is 7.72. The number of benzene rings is 1.